The quantitative estimate of drug-likeness (QED) is 0.0193. The Morgan fingerprint density at radius 2 is 0.842 bits per heavy atom. The van der Waals surface area contributed by atoms with Crippen molar-refractivity contribution in [2.45, 2.75) is 138 Å². The van der Waals surface area contributed by atoms with Gasteiger partial charge in [0.05, 0.1) is 49.7 Å². The summed E-state index contributed by atoms with van der Waals surface area (Å²) in [7, 11) is 0. The van der Waals surface area contributed by atoms with Gasteiger partial charge in [-0.1, -0.05) is 84.9 Å². The zero-order valence-electron chi connectivity index (χ0n) is 53.3. The van der Waals surface area contributed by atoms with E-state index in [1.54, 1.807) is 48.5 Å². The number of thioether (sulfide) groups is 2. The summed E-state index contributed by atoms with van der Waals surface area (Å²) in [4.78, 5) is 102. The summed E-state index contributed by atoms with van der Waals surface area (Å²) < 4.78 is 23.2. The van der Waals surface area contributed by atoms with Crippen molar-refractivity contribution in [1.82, 2.24) is 31.9 Å². The number of nitrogens with one attached hydrogen (secondary N) is 6. The van der Waals surface area contributed by atoms with Crippen molar-refractivity contribution >= 4 is 70.9 Å². The minimum Gasteiger partial charge on any atom is -0.477 e. The SMILES string of the molecule is CC(=O)N[C@@H]1[C@@H](O)C[C@](OCCCSCCNC(=O)C2CCC(C(=O)NCCSCCCO[C@]3(C(=O)O)C[C@H](O)[C@@H](NC(C)=O)[C@H](C(O)[C@H](O)CNC(=O)c4ccc(-c5ccccc5)cc4)O3)CC2)(C(=O)O)O[C@H]1C(O)[C@H](O)CNC(=O)c1ccc(-c2ccccc2)cc1.[Na+]. The number of carbonyl (C=O) groups is 8. The Morgan fingerprint density at radius 3 is 1.17 bits per heavy atom. The van der Waals surface area contributed by atoms with Gasteiger partial charge in [0.25, 0.3) is 23.4 Å². The van der Waals surface area contributed by atoms with Gasteiger partial charge in [0.2, 0.25) is 23.6 Å². The summed E-state index contributed by atoms with van der Waals surface area (Å²) >= 11 is 2.94. The van der Waals surface area contributed by atoms with Gasteiger partial charge in [0, 0.05) is 87.3 Å². The molecule has 4 aromatic rings. The van der Waals surface area contributed by atoms with Gasteiger partial charge in [-0.3, -0.25) is 28.8 Å². The predicted octanol–water partition coefficient (Wildman–Crippen LogP) is -1.18. The van der Waals surface area contributed by atoms with Gasteiger partial charge in [-0.15, -0.1) is 0 Å². The normalized spacial score (nSPS) is 24.6. The Hall–Kier alpha value is -6.06. The van der Waals surface area contributed by atoms with E-state index < -0.39 is 134 Å². The first-order valence-corrected chi connectivity index (χ1v) is 33.6. The molecule has 3 fully saturated rings. The Balaban J connectivity index is 0.0000143. The molecule has 1 saturated carbocycles. The third kappa shape index (κ3) is 22.5. The molecule has 1 aliphatic carbocycles. The van der Waals surface area contributed by atoms with Crippen molar-refractivity contribution < 1.29 is 128 Å². The standard InChI is InChI=1S/C66H86N6O20S2.Na/c1-39(73)71-53-49(75)35-65(63(85)86,91-57(53)55(79)51(77)37-69-61(83)47-19-15-43(16-20-47)41-11-5-3-6-12-41)89-29-9-31-93-33-27-67-59(81)45-23-25-46(26-24-45)60(82)68-28-34-94-32-10-30-90-66(64(87)88)36-50(76)54(72-40(2)74)58(92-66)56(80)52(78)38-70-62(84)48-21-17-44(18-22-48)42-13-7-4-8-14-42;/h3-8,11-22,45-46,49-58,75-80H,9-10,23-38H2,1-2H3,(H,67,81)(H,68,82)(H,69,83)(H,70,84)(H,71,73)(H,72,74)(H,85,86)(H,87,88);/q;+1/t45?,46?,49-,50-,51+,52+,53+,54+,55?,56?,57+,58+,65+,66+;/m0./s1. The molecule has 0 radical (unpaired) electrons. The van der Waals surface area contributed by atoms with E-state index in [1.165, 1.54) is 23.5 Å². The molecule has 95 heavy (non-hydrogen) atoms. The van der Waals surface area contributed by atoms with E-state index in [4.69, 9.17) is 18.9 Å². The van der Waals surface area contributed by atoms with E-state index in [0.717, 1.165) is 36.1 Å². The molecule has 2 saturated heterocycles. The number of carboxylic acid groups (broad SMARTS) is 2. The first-order chi connectivity index (χ1) is 45.0. The first-order valence-electron chi connectivity index (χ1n) is 31.3. The molecule has 2 heterocycles. The molecule has 7 rings (SSSR count). The third-order valence-corrected chi connectivity index (χ3v) is 18.7. The molecule has 4 aromatic carbocycles. The second kappa shape index (κ2) is 38.2. The summed E-state index contributed by atoms with van der Waals surface area (Å²) in [6.07, 6.45) is -12.4. The van der Waals surface area contributed by atoms with Gasteiger partial charge in [0.1, 0.15) is 24.4 Å². The molecule has 2 aliphatic heterocycles. The number of aliphatic carboxylic acids is 2. The molecule has 12 atom stereocenters. The van der Waals surface area contributed by atoms with Crippen LogP contribution in [0.25, 0.3) is 22.3 Å². The summed E-state index contributed by atoms with van der Waals surface area (Å²) in [6.45, 7) is 1.69. The average Bonchev–Trinajstić information content (AvgIpc) is 0.777. The van der Waals surface area contributed by atoms with Gasteiger partial charge in [-0.2, -0.15) is 23.5 Å². The summed E-state index contributed by atoms with van der Waals surface area (Å²) in [5.74, 6) is -9.34. The van der Waals surface area contributed by atoms with Crippen LogP contribution in [0.2, 0.25) is 0 Å². The molecule has 29 heteroatoms. The second-order valence-corrected chi connectivity index (χ2v) is 25.9. The van der Waals surface area contributed by atoms with Crippen molar-refractivity contribution in [1.29, 1.82) is 0 Å². The zero-order valence-corrected chi connectivity index (χ0v) is 57.0. The summed E-state index contributed by atoms with van der Waals surface area (Å²) in [5, 5.41) is 104. The number of hydrogen-bond acceptors (Lipinski definition) is 20. The van der Waals surface area contributed by atoms with Crippen molar-refractivity contribution in [3.8, 4) is 22.3 Å². The van der Waals surface area contributed by atoms with E-state index in [-0.39, 0.29) is 77.5 Å². The number of aliphatic hydroxyl groups is 6. The molecule has 2 unspecified atom stereocenters. The number of carboxylic acids is 2. The van der Waals surface area contributed by atoms with E-state index >= 15 is 0 Å². The van der Waals surface area contributed by atoms with Gasteiger partial charge in [0.15, 0.2) is 0 Å². The van der Waals surface area contributed by atoms with Crippen molar-refractivity contribution in [2.75, 3.05) is 62.4 Å². The van der Waals surface area contributed by atoms with Crippen LogP contribution < -0.4 is 61.5 Å². The minimum absolute atomic E-state index is 0. The maximum atomic E-state index is 13.1. The van der Waals surface area contributed by atoms with Crippen LogP contribution in [0.1, 0.15) is 85.9 Å². The summed E-state index contributed by atoms with van der Waals surface area (Å²) in [6, 6.07) is 29.8. The van der Waals surface area contributed by atoms with Crippen LogP contribution in [0.3, 0.4) is 0 Å². The van der Waals surface area contributed by atoms with Crippen LogP contribution in [-0.2, 0) is 47.7 Å². The number of amides is 6. The average molecular weight is 1370 g/mol. The Morgan fingerprint density at radius 1 is 0.505 bits per heavy atom. The predicted molar refractivity (Wildman–Crippen MR) is 347 cm³/mol. The monoisotopic (exact) mass is 1370 g/mol. The fraction of sp³-hybridized carbons (Fsp3) is 0.515. The van der Waals surface area contributed by atoms with Crippen LogP contribution in [0, 0.1) is 11.8 Å². The Kier molecular flexibility index (Phi) is 31.3. The third-order valence-electron chi connectivity index (χ3n) is 16.5. The number of benzene rings is 4. The second-order valence-electron chi connectivity index (χ2n) is 23.5. The van der Waals surface area contributed by atoms with Gasteiger partial charge >= 0.3 is 41.5 Å². The maximum absolute atomic E-state index is 13.1. The Labute approximate surface area is 581 Å². The smallest absolute Gasteiger partial charge is 0.477 e. The maximum Gasteiger partial charge on any atom is 1.00 e. The molecule has 0 bridgehead atoms. The van der Waals surface area contributed by atoms with Crippen LogP contribution >= 0.6 is 23.5 Å². The molecule has 0 spiro atoms. The van der Waals surface area contributed by atoms with Crippen LogP contribution in [0.4, 0.5) is 0 Å². The topological polar surface area (TPSA) is 408 Å². The molecule has 14 N–H and O–H groups in total. The van der Waals surface area contributed by atoms with Gasteiger partial charge < -0.3 is 91.7 Å². The number of carbonyl (C=O) groups excluding carboxylic acids is 6. The fourth-order valence-corrected chi connectivity index (χ4v) is 13.0. The van der Waals surface area contributed by atoms with E-state index in [2.05, 4.69) is 31.9 Å². The zero-order chi connectivity index (χ0) is 68.0. The van der Waals surface area contributed by atoms with E-state index in [9.17, 15) is 79.2 Å². The number of ether oxygens (including phenoxy) is 4. The van der Waals surface area contributed by atoms with Gasteiger partial charge in [-0.05, 0) is 96.5 Å². The first kappa shape index (κ1) is 77.9. The number of aliphatic hydroxyl groups excluding tert-OH is 6. The van der Waals surface area contributed by atoms with Crippen LogP contribution in [0.5, 0.6) is 0 Å². The molecule has 6 amide bonds. The molecular weight excluding hydrogens is 1280 g/mol. The van der Waals surface area contributed by atoms with Crippen molar-refractivity contribution in [2.24, 2.45) is 11.8 Å². The van der Waals surface area contributed by atoms with Crippen molar-refractivity contribution in [3.63, 3.8) is 0 Å². The largest absolute Gasteiger partial charge is 1.00 e. The van der Waals surface area contributed by atoms with Crippen LogP contribution in [0.15, 0.2) is 109 Å². The molecule has 512 valence electrons. The number of rotatable bonds is 34. The fourth-order valence-electron chi connectivity index (χ4n) is 11.5. The molecular formula is C66H86N6NaO20S2+. The summed E-state index contributed by atoms with van der Waals surface area (Å²) in [5.41, 5.74) is 4.20. The number of hydrogen-bond donors (Lipinski definition) is 14. The van der Waals surface area contributed by atoms with E-state index in [1.807, 2.05) is 60.7 Å². The molecule has 3 aliphatic rings. The van der Waals surface area contributed by atoms with Crippen LogP contribution in [-0.4, -0.2) is 223 Å². The molecule has 26 nitrogen and oxygen atoms in total. The minimum atomic E-state index is -2.47. The Bertz CT molecular complexity index is 2940. The molecule has 0 aromatic heterocycles. The van der Waals surface area contributed by atoms with Gasteiger partial charge in [-0.25, -0.2) is 9.59 Å². The van der Waals surface area contributed by atoms with Crippen molar-refractivity contribution in [3.05, 3.63) is 120 Å². The van der Waals surface area contributed by atoms with E-state index in [0.29, 0.717) is 74.6 Å².